The monoisotopic (exact) mass is 274 g/mol. The van der Waals surface area contributed by atoms with Gasteiger partial charge >= 0.3 is 5.97 Å². The molecule has 2 aromatic rings. The second kappa shape index (κ2) is 5.89. The van der Waals surface area contributed by atoms with E-state index in [1.54, 1.807) is 6.07 Å². The van der Waals surface area contributed by atoms with Crippen LogP contribution in [0.5, 0.6) is 0 Å². The van der Waals surface area contributed by atoms with E-state index in [1.807, 2.05) is 36.4 Å². The molecular weight excluding hydrogens is 260 g/mol. The van der Waals surface area contributed by atoms with Gasteiger partial charge in [0.25, 0.3) is 0 Å². The summed E-state index contributed by atoms with van der Waals surface area (Å²) in [5, 5.41) is 0.753. The van der Waals surface area contributed by atoms with Crippen LogP contribution in [0.2, 0.25) is 5.02 Å². The molecule has 2 aromatic carbocycles. The van der Waals surface area contributed by atoms with E-state index in [0.717, 1.165) is 28.1 Å². The Morgan fingerprint density at radius 3 is 2.53 bits per heavy atom. The van der Waals surface area contributed by atoms with Crippen molar-refractivity contribution in [3.8, 4) is 11.1 Å². The second-order valence-corrected chi connectivity index (χ2v) is 4.64. The molecule has 0 heterocycles. The molecule has 2 nitrogen and oxygen atoms in total. The molecule has 0 aromatic heterocycles. The van der Waals surface area contributed by atoms with Gasteiger partial charge in [-0.05, 0) is 41.3 Å². The minimum absolute atomic E-state index is 0.335. The SMILES string of the molecule is CCc1ccc(-c2cccc(C(=O)OC)c2)cc1Cl. The highest BCUT2D eigenvalue weighted by molar-refractivity contribution is 6.31. The number of methoxy groups -OCH3 is 1. The van der Waals surface area contributed by atoms with Gasteiger partial charge < -0.3 is 4.74 Å². The fraction of sp³-hybridized carbons (Fsp3) is 0.188. The van der Waals surface area contributed by atoms with Crippen LogP contribution in [0.1, 0.15) is 22.8 Å². The van der Waals surface area contributed by atoms with Gasteiger partial charge in [0.1, 0.15) is 0 Å². The Bertz CT molecular complexity index is 605. The molecule has 0 unspecified atom stereocenters. The Hall–Kier alpha value is -1.80. The molecule has 0 aliphatic heterocycles. The fourth-order valence-electron chi connectivity index (χ4n) is 1.96. The zero-order chi connectivity index (χ0) is 13.8. The zero-order valence-corrected chi connectivity index (χ0v) is 11.7. The van der Waals surface area contributed by atoms with E-state index in [0.29, 0.717) is 5.56 Å². The molecule has 3 heteroatoms. The van der Waals surface area contributed by atoms with Crippen LogP contribution < -0.4 is 0 Å². The lowest BCUT2D eigenvalue weighted by Gasteiger charge is -2.07. The largest absolute Gasteiger partial charge is 0.465 e. The molecule has 0 atom stereocenters. The van der Waals surface area contributed by atoms with E-state index in [4.69, 9.17) is 16.3 Å². The first-order chi connectivity index (χ1) is 9.15. The maximum Gasteiger partial charge on any atom is 0.337 e. The number of carbonyl (C=O) groups excluding carboxylic acids is 1. The quantitative estimate of drug-likeness (QED) is 0.778. The maximum absolute atomic E-state index is 11.5. The van der Waals surface area contributed by atoms with Crippen LogP contribution in [0.25, 0.3) is 11.1 Å². The van der Waals surface area contributed by atoms with Gasteiger partial charge in [-0.15, -0.1) is 0 Å². The van der Waals surface area contributed by atoms with Gasteiger partial charge in [-0.3, -0.25) is 0 Å². The molecule has 0 aliphatic rings. The third-order valence-corrected chi connectivity index (χ3v) is 3.40. The zero-order valence-electron chi connectivity index (χ0n) is 10.9. The van der Waals surface area contributed by atoms with Gasteiger partial charge in [0.2, 0.25) is 0 Å². The minimum atomic E-state index is -0.335. The van der Waals surface area contributed by atoms with Crippen LogP contribution in [0.3, 0.4) is 0 Å². The van der Waals surface area contributed by atoms with E-state index in [2.05, 4.69) is 6.92 Å². The molecule has 0 aliphatic carbocycles. The third kappa shape index (κ3) is 2.96. The highest BCUT2D eigenvalue weighted by atomic mass is 35.5. The topological polar surface area (TPSA) is 26.3 Å². The Morgan fingerprint density at radius 2 is 1.89 bits per heavy atom. The van der Waals surface area contributed by atoms with Gasteiger partial charge in [0.15, 0.2) is 0 Å². The van der Waals surface area contributed by atoms with E-state index in [9.17, 15) is 4.79 Å². The highest BCUT2D eigenvalue weighted by Gasteiger charge is 2.07. The van der Waals surface area contributed by atoms with Crippen molar-refractivity contribution in [3.63, 3.8) is 0 Å². The van der Waals surface area contributed by atoms with Crippen LogP contribution >= 0.6 is 11.6 Å². The van der Waals surface area contributed by atoms with Gasteiger partial charge in [-0.1, -0.05) is 42.8 Å². The van der Waals surface area contributed by atoms with Crippen molar-refractivity contribution in [2.24, 2.45) is 0 Å². The Morgan fingerprint density at radius 1 is 1.16 bits per heavy atom. The number of hydrogen-bond acceptors (Lipinski definition) is 2. The average molecular weight is 275 g/mol. The van der Waals surface area contributed by atoms with Crippen molar-refractivity contribution >= 4 is 17.6 Å². The lowest BCUT2D eigenvalue weighted by atomic mass is 10.0. The Labute approximate surface area is 118 Å². The molecule has 0 bridgehead atoms. The number of hydrogen-bond donors (Lipinski definition) is 0. The maximum atomic E-state index is 11.5. The van der Waals surface area contributed by atoms with Crippen LogP contribution in [0.4, 0.5) is 0 Å². The van der Waals surface area contributed by atoms with Crippen molar-refractivity contribution < 1.29 is 9.53 Å². The standard InChI is InChI=1S/C16H15ClO2/c1-3-11-7-8-13(10-15(11)17)12-5-4-6-14(9-12)16(18)19-2/h4-10H,3H2,1-2H3. The Kier molecular flexibility index (Phi) is 4.23. The van der Waals surface area contributed by atoms with Crippen molar-refractivity contribution in [2.45, 2.75) is 13.3 Å². The average Bonchev–Trinajstić information content (AvgIpc) is 2.46. The van der Waals surface area contributed by atoms with Gasteiger partial charge in [-0.25, -0.2) is 4.79 Å². The molecule has 98 valence electrons. The highest BCUT2D eigenvalue weighted by Crippen LogP contribution is 2.26. The van der Waals surface area contributed by atoms with Crippen LogP contribution in [0.15, 0.2) is 42.5 Å². The van der Waals surface area contributed by atoms with E-state index in [1.165, 1.54) is 7.11 Å². The minimum Gasteiger partial charge on any atom is -0.465 e. The van der Waals surface area contributed by atoms with E-state index >= 15 is 0 Å². The number of aryl methyl sites for hydroxylation is 1. The first-order valence-corrected chi connectivity index (χ1v) is 6.50. The summed E-state index contributed by atoms with van der Waals surface area (Å²) in [7, 11) is 1.38. The summed E-state index contributed by atoms with van der Waals surface area (Å²) in [6.45, 7) is 2.07. The van der Waals surface area contributed by atoms with Crippen LogP contribution in [-0.4, -0.2) is 13.1 Å². The number of halogens is 1. The summed E-state index contributed by atoms with van der Waals surface area (Å²) < 4.78 is 4.72. The lowest BCUT2D eigenvalue weighted by molar-refractivity contribution is 0.0601. The van der Waals surface area contributed by atoms with Crippen LogP contribution in [0, 0.1) is 0 Å². The molecular formula is C16H15ClO2. The molecule has 0 saturated carbocycles. The van der Waals surface area contributed by atoms with E-state index in [-0.39, 0.29) is 5.97 Å². The molecule has 0 spiro atoms. The molecule has 0 amide bonds. The van der Waals surface area contributed by atoms with Gasteiger partial charge in [0.05, 0.1) is 12.7 Å². The van der Waals surface area contributed by atoms with Crippen molar-refractivity contribution in [2.75, 3.05) is 7.11 Å². The second-order valence-electron chi connectivity index (χ2n) is 4.23. The van der Waals surface area contributed by atoms with E-state index < -0.39 is 0 Å². The van der Waals surface area contributed by atoms with Crippen LogP contribution in [-0.2, 0) is 11.2 Å². The molecule has 0 radical (unpaired) electrons. The number of benzene rings is 2. The number of ether oxygens (including phenoxy) is 1. The summed E-state index contributed by atoms with van der Waals surface area (Å²) in [4.78, 5) is 11.5. The Balaban J connectivity index is 2.41. The fourth-order valence-corrected chi connectivity index (χ4v) is 2.27. The van der Waals surface area contributed by atoms with Gasteiger partial charge in [0, 0.05) is 5.02 Å². The number of rotatable bonds is 3. The summed E-state index contributed by atoms with van der Waals surface area (Å²) in [6, 6.07) is 13.3. The summed E-state index contributed by atoms with van der Waals surface area (Å²) >= 11 is 6.22. The predicted octanol–water partition coefficient (Wildman–Crippen LogP) is 4.36. The molecule has 0 fully saturated rings. The first kappa shape index (κ1) is 13.6. The summed E-state index contributed by atoms with van der Waals surface area (Å²) in [5.41, 5.74) is 3.60. The third-order valence-electron chi connectivity index (χ3n) is 3.05. The molecule has 2 rings (SSSR count). The number of esters is 1. The summed E-state index contributed by atoms with van der Waals surface area (Å²) in [5.74, 6) is -0.335. The lowest BCUT2D eigenvalue weighted by Crippen LogP contribution is -2.00. The smallest absolute Gasteiger partial charge is 0.337 e. The molecule has 0 saturated heterocycles. The van der Waals surface area contributed by atoms with Crippen molar-refractivity contribution in [1.29, 1.82) is 0 Å². The first-order valence-electron chi connectivity index (χ1n) is 6.13. The predicted molar refractivity (Wildman–Crippen MR) is 77.6 cm³/mol. The summed E-state index contributed by atoms with van der Waals surface area (Å²) in [6.07, 6.45) is 0.904. The molecule has 0 N–H and O–H groups in total. The van der Waals surface area contributed by atoms with Crippen molar-refractivity contribution in [1.82, 2.24) is 0 Å². The van der Waals surface area contributed by atoms with Crippen molar-refractivity contribution in [3.05, 3.63) is 58.6 Å². The number of carbonyl (C=O) groups is 1. The van der Waals surface area contributed by atoms with Gasteiger partial charge in [-0.2, -0.15) is 0 Å². The molecule has 19 heavy (non-hydrogen) atoms. The normalized spacial score (nSPS) is 10.3.